The average Bonchev–Trinajstić information content (AvgIpc) is 2.09. The first-order valence-electron chi connectivity index (χ1n) is 4.69. The fourth-order valence-corrected chi connectivity index (χ4v) is 2.04. The highest BCUT2D eigenvalue weighted by atomic mass is 16.5. The minimum Gasteiger partial charge on any atom is -0.469 e. The van der Waals surface area contributed by atoms with Gasteiger partial charge in [-0.1, -0.05) is 19.8 Å². The zero-order valence-electron chi connectivity index (χ0n) is 8.22. The summed E-state index contributed by atoms with van der Waals surface area (Å²) in [7, 11) is 1.48. The van der Waals surface area contributed by atoms with Gasteiger partial charge in [0.25, 0.3) is 0 Å². The molecule has 0 N–H and O–H groups in total. The van der Waals surface area contributed by atoms with E-state index in [0.717, 1.165) is 19.3 Å². The summed E-state index contributed by atoms with van der Waals surface area (Å²) in [5.74, 6) is 0.438. The lowest BCUT2D eigenvalue weighted by molar-refractivity contribution is -0.157. The van der Waals surface area contributed by atoms with Gasteiger partial charge >= 0.3 is 5.97 Å². The predicted molar refractivity (Wildman–Crippen MR) is 47.8 cm³/mol. The Labute approximate surface area is 74.3 Å². The summed E-state index contributed by atoms with van der Waals surface area (Å²) in [6.45, 7) is 4.18. The number of ether oxygens (including phenoxy) is 1. The smallest absolute Gasteiger partial charge is 0.311 e. The van der Waals surface area contributed by atoms with Gasteiger partial charge in [-0.05, 0) is 25.7 Å². The first kappa shape index (κ1) is 9.56. The quantitative estimate of drug-likeness (QED) is 0.565. The molecule has 2 atom stereocenters. The molecule has 12 heavy (non-hydrogen) atoms. The summed E-state index contributed by atoms with van der Waals surface area (Å²) < 4.78 is 4.82. The summed E-state index contributed by atoms with van der Waals surface area (Å²) >= 11 is 0. The van der Waals surface area contributed by atoms with Gasteiger partial charge in [0.15, 0.2) is 0 Å². The second-order valence-electron chi connectivity index (χ2n) is 4.06. The lowest BCUT2D eigenvalue weighted by Gasteiger charge is -2.36. The van der Waals surface area contributed by atoms with Crippen molar-refractivity contribution in [3.05, 3.63) is 0 Å². The van der Waals surface area contributed by atoms with Crippen LogP contribution in [0.2, 0.25) is 0 Å². The van der Waals surface area contributed by atoms with Crippen molar-refractivity contribution in [2.45, 2.75) is 39.5 Å². The van der Waals surface area contributed by atoms with Crippen LogP contribution >= 0.6 is 0 Å². The van der Waals surface area contributed by atoms with Crippen LogP contribution in [0.4, 0.5) is 0 Å². The molecule has 2 nitrogen and oxygen atoms in total. The molecule has 0 heterocycles. The highest BCUT2D eigenvalue weighted by molar-refractivity contribution is 5.76. The van der Waals surface area contributed by atoms with Crippen LogP contribution in [0, 0.1) is 11.3 Å². The van der Waals surface area contributed by atoms with Crippen LogP contribution < -0.4 is 0 Å². The van der Waals surface area contributed by atoms with E-state index < -0.39 is 0 Å². The van der Waals surface area contributed by atoms with Gasteiger partial charge in [-0.15, -0.1) is 0 Å². The van der Waals surface area contributed by atoms with Gasteiger partial charge in [-0.3, -0.25) is 4.79 Å². The van der Waals surface area contributed by atoms with E-state index in [1.165, 1.54) is 13.5 Å². The highest BCUT2D eigenvalue weighted by Gasteiger charge is 2.41. The van der Waals surface area contributed by atoms with Crippen molar-refractivity contribution >= 4 is 5.97 Å². The molecule has 0 spiro atoms. The van der Waals surface area contributed by atoms with Crippen LogP contribution in [0.15, 0.2) is 0 Å². The third kappa shape index (κ3) is 1.47. The molecule has 1 saturated carbocycles. The molecule has 0 aliphatic heterocycles. The molecular weight excluding hydrogens is 152 g/mol. The van der Waals surface area contributed by atoms with Crippen molar-refractivity contribution < 1.29 is 9.53 Å². The molecule has 0 aromatic rings. The number of methoxy groups -OCH3 is 1. The first-order chi connectivity index (χ1) is 5.61. The molecule has 0 amide bonds. The van der Waals surface area contributed by atoms with Gasteiger partial charge in [0, 0.05) is 0 Å². The fraction of sp³-hybridized carbons (Fsp3) is 0.900. The first-order valence-corrected chi connectivity index (χ1v) is 4.69. The maximum atomic E-state index is 11.5. The highest BCUT2D eigenvalue weighted by Crippen LogP contribution is 2.41. The summed E-state index contributed by atoms with van der Waals surface area (Å²) in [6.07, 6.45) is 4.57. The van der Waals surface area contributed by atoms with E-state index in [4.69, 9.17) is 4.74 Å². The lowest BCUT2D eigenvalue weighted by Crippen LogP contribution is -2.37. The number of hydrogen-bond acceptors (Lipinski definition) is 2. The maximum Gasteiger partial charge on any atom is 0.311 e. The third-order valence-corrected chi connectivity index (χ3v) is 3.32. The molecule has 0 aromatic heterocycles. The molecule has 70 valence electrons. The summed E-state index contributed by atoms with van der Waals surface area (Å²) in [5.41, 5.74) is -0.215. The minimum atomic E-state index is -0.215. The van der Waals surface area contributed by atoms with Crippen molar-refractivity contribution in [2.75, 3.05) is 7.11 Å². The number of hydrogen-bond donors (Lipinski definition) is 0. The van der Waals surface area contributed by atoms with Crippen LogP contribution in [0.3, 0.4) is 0 Å². The van der Waals surface area contributed by atoms with Gasteiger partial charge in [0.05, 0.1) is 12.5 Å². The van der Waals surface area contributed by atoms with Crippen molar-refractivity contribution in [1.29, 1.82) is 0 Å². The Bertz CT molecular complexity index is 177. The summed E-state index contributed by atoms with van der Waals surface area (Å²) in [6, 6.07) is 0. The van der Waals surface area contributed by atoms with Gasteiger partial charge in [-0.25, -0.2) is 0 Å². The van der Waals surface area contributed by atoms with E-state index in [1.54, 1.807) is 0 Å². The monoisotopic (exact) mass is 170 g/mol. The number of rotatable bonds is 1. The maximum absolute atomic E-state index is 11.5. The Hall–Kier alpha value is -0.530. The molecular formula is C10H18O2. The van der Waals surface area contributed by atoms with Gasteiger partial charge in [-0.2, -0.15) is 0 Å². The van der Waals surface area contributed by atoms with Gasteiger partial charge in [0.1, 0.15) is 0 Å². The van der Waals surface area contributed by atoms with Crippen LogP contribution in [0.1, 0.15) is 39.5 Å². The van der Waals surface area contributed by atoms with Crippen LogP contribution in [0.5, 0.6) is 0 Å². The molecule has 1 aliphatic rings. The molecule has 0 bridgehead atoms. The Morgan fingerprint density at radius 2 is 2.17 bits per heavy atom. The Balaban J connectivity index is 2.72. The third-order valence-electron chi connectivity index (χ3n) is 3.32. The molecule has 1 fully saturated rings. The van der Waals surface area contributed by atoms with Crippen LogP contribution in [-0.4, -0.2) is 13.1 Å². The van der Waals surface area contributed by atoms with Crippen LogP contribution in [-0.2, 0) is 9.53 Å². The Morgan fingerprint density at radius 1 is 1.50 bits per heavy atom. The Morgan fingerprint density at radius 3 is 2.67 bits per heavy atom. The standard InChI is InChI=1S/C10H18O2/c1-8-6-4-5-7-10(8,2)9(11)12-3/h8H,4-7H2,1-3H3/t8-,10-/m0/s1. The van der Waals surface area contributed by atoms with Crippen molar-refractivity contribution in [3.63, 3.8) is 0 Å². The molecule has 0 aromatic carbocycles. The summed E-state index contributed by atoms with van der Waals surface area (Å²) in [4.78, 5) is 11.5. The van der Waals surface area contributed by atoms with E-state index in [2.05, 4.69) is 6.92 Å². The molecule has 2 heteroatoms. The second-order valence-corrected chi connectivity index (χ2v) is 4.06. The fourth-order valence-electron chi connectivity index (χ4n) is 2.04. The molecule has 1 rings (SSSR count). The van der Waals surface area contributed by atoms with E-state index >= 15 is 0 Å². The van der Waals surface area contributed by atoms with Crippen LogP contribution in [0.25, 0.3) is 0 Å². The van der Waals surface area contributed by atoms with E-state index in [0.29, 0.717) is 5.92 Å². The minimum absolute atomic E-state index is 0.0327. The van der Waals surface area contributed by atoms with E-state index in [-0.39, 0.29) is 11.4 Å². The molecule has 0 radical (unpaired) electrons. The average molecular weight is 170 g/mol. The number of carbonyl (C=O) groups is 1. The van der Waals surface area contributed by atoms with E-state index in [1.807, 2.05) is 6.92 Å². The Kier molecular flexibility index (Phi) is 2.76. The van der Waals surface area contributed by atoms with E-state index in [9.17, 15) is 4.79 Å². The molecule has 1 aliphatic carbocycles. The number of carbonyl (C=O) groups excluding carboxylic acids is 1. The van der Waals surface area contributed by atoms with Crippen molar-refractivity contribution in [3.8, 4) is 0 Å². The molecule has 0 saturated heterocycles. The van der Waals surface area contributed by atoms with Gasteiger partial charge < -0.3 is 4.74 Å². The zero-order chi connectivity index (χ0) is 9.19. The largest absolute Gasteiger partial charge is 0.469 e. The zero-order valence-corrected chi connectivity index (χ0v) is 8.22. The predicted octanol–water partition coefficient (Wildman–Crippen LogP) is 2.38. The second kappa shape index (κ2) is 3.46. The number of esters is 1. The summed E-state index contributed by atoms with van der Waals surface area (Å²) in [5, 5.41) is 0. The van der Waals surface area contributed by atoms with Gasteiger partial charge in [0.2, 0.25) is 0 Å². The van der Waals surface area contributed by atoms with Crippen molar-refractivity contribution in [1.82, 2.24) is 0 Å². The van der Waals surface area contributed by atoms with Crippen molar-refractivity contribution in [2.24, 2.45) is 11.3 Å². The lowest BCUT2D eigenvalue weighted by atomic mass is 9.68. The normalized spacial score (nSPS) is 36.1. The topological polar surface area (TPSA) is 26.3 Å². The molecule has 0 unspecified atom stereocenters. The SMILES string of the molecule is COC(=O)[C@@]1(C)CCCC[C@@H]1C.